The van der Waals surface area contributed by atoms with Gasteiger partial charge in [0.25, 0.3) is 0 Å². The molecule has 3 rings (SSSR count). The summed E-state index contributed by atoms with van der Waals surface area (Å²) in [5.74, 6) is 0.0840. The fourth-order valence-corrected chi connectivity index (χ4v) is 4.09. The number of nitrogens with zero attached hydrogens (tertiary/aromatic N) is 2. The van der Waals surface area contributed by atoms with Gasteiger partial charge >= 0.3 is 0 Å². The molecule has 6 heteroatoms. The maximum Gasteiger partial charge on any atom is 0.205 e. The predicted octanol–water partition coefficient (Wildman–Crippen LogP) is 2.92. The normalized spacial score (nSPS) is 12.9. The van der Waals surface area contributed by atoms with E-state index in [2.05, 4.69) is 5.10 Å². The average molecular weight is 328 g/mol. The molecule has 0 aliphatic rings. The maximum absolute atomic E-state index is 13.1. The van der Waals surface area contributed by atoms with Gasteiger partial charge in [0.2, 0.25) is 9.84 Å². The number of aromatic nitrogens is 2. The van der Waals surface area contributed by atoms with Crippen LogP contribution in [0.5, 0.6) is 5.75 Å². The highest BCUT2D eigenvalue weighted by molar-refractivity contribution is 7.91. The Hall–Kier alpha value is -2.60. The minimum absolute atomic E-state index is 0.0840. The highest BCUT2D eigenvalue weighted by Crippen LogP contribution is 2.31. The number of rotatable bonds is 4. The van der Waals surface area contributed by atoms with Crippen LogP contribution < -0.4 is 0 Å². The molecule has 0 aliphatic carbocycles. The van der Waals surface area contributed by atoms with Crippen molar-refractivity contribution in [2.24, 2.45) is 0 Å². The molecular weight excluding hydrogens is 312 g/mol. The molecule has 5 nitrogen and oxygen atoms in total. The van der Waals surface area contributed by atoms with E-state index in [-0.39, 0.29) is 10.6 Å². The Morgan fingerprint density at radius 3 is 2.26 bits per heavy atom. The number of benzene rings is 2. The van der Waals surface area contributed by atoms with Crippen LogP contribution in [0, 0.1) is 6.92 Å². The Kier molecular flexibility index (Phi) is 3.92. The van der Waals surface area contributed by atoms with E-state index >= 15 is 0 Å². The summed E-state index contributed by atoms with van der Waals surface area (Å²) in [5, 5.41) is 12.6. The molecule has 118 valence electrons. The third kappa shape index (κ3) is 2.98. The van der Waals surface area contributed by atoms with Crippen LogP contribution in [-0.2, 0) is 9.84 Å². The van der Waals surface area contributed by atoms with Crippen molar-refractivity contribution in [3.05, 3.63) is 78.1 Å². The third-order valence-corrected chi connectivity index (χ3v) is 5.59. The van der Waals surface area contributed by atoms with Crippen LogP contribution in [0.25, 0.3) is 0 Å². The molecule has 0 amide bonds. The van der Waals surface area contributed by atoms with Gasteiger partial charge in [0.1, 0.15) is 5.75 Å². The molecule has 0 fully saturated rings. The molecule has 1 N–H and O–H groups in total. The third-order valence-electron chi connectivity index (χ3n) is 3.59. The first-order chi connectivity index (χ1) is 11.0. The topological polar surface area (TPSA) is 72.2 Å². The average Bonchev–Trinajstić information content (AvgIpc) is 3.03. The van der Waals surface area contributed by atoms with E-state index in [9.17, 15) is 13.5 Å². The molecule has 0 aliphatic heterocycles. The van der Waals surface area contributed by atoms with Crippen LogP contribution >= 0.6 is 0 Å². The Balaban J connectivity index is 2.15. The molecule has 0 spiro atoms. The minimum Gasteiger partial charge on any atom is -0.508 e. The molecule has 3 aromatic rings. The second kappa shape index (κ2) is 5.89. The highest BCUT2D eigenvalue weighted by atomic mass is 32.2. The first-order valence-electron chi connectivity index (χ1n) is 7.07. The lowest BCUT2D eigenvalue weighted by Crippen LogP contribution is -2.22. The van der Waals surface area contributed by atoms with Crippen LogP contribution in [0.3, 0.4) is 0 Å². The Morgan fingerprint density at radius 2 is 1.70 bits per heavy atom. The molecule has 1 heterocycles. The first kappa shape index (κ1) is 15.3. The molecule has 0 saturated heterocycles. The fourth-order valence-electron chi connectivity index (χ4n) is 2.39. The van der Waals surface area contributed by atoms with Gasteiger partial charge < -0.3 is 5.11 Å². The summed E-state index contributed by atoms with van der Waals surface area (Å²) in [6.45, 7) is 1.90. The highest BCUT2D eigenvalue weighted by Gasteiger charge is 2.31. The lowest BCUT2D eigenvalue weighted by atomic mass is 10.2. The second-order valence-corrected chi connectivity index (χ2v) is 7.30. The fraction of sp³-hybridized carbons (Fsp3) is 0.118. The van der Waals surface area contributed by atoms with Gasteiger partial charge in [-0.3, -0.25) is 0 Å². The molecule has 0 saturated carbocycles. The van der Waals surface area contributed by atoms with E-state index in [0.29, 0.717) is 5.56 Å². The molecule has 23 heavy (non-hydrogen) atoms. The number of hydrogen-bond acceptors (Lipinski definition) is 4. The largest absolute Gasteiger partial charge is 0.508 e. The smallest absolute Gasteiger partial charge is 0.205 e. The number of hydrogen-bond donors (Lipinski definition) is 1. The van der Waals surface area contributed by atoms with Gasteiger partial charge in [-0.2, -0.15) is 5.10 Å². The zero-order chi connectivity index (χ0) is 16.4. The van der Waals surface area contributed by atoms with Gasteiger partial charge in [-0.1, -0.05) is 29.8 Å². The van der Waals surface area contributed by atoms with Gasteiger partial charge in [0.05, 0.1) is 4.90 Å². The Bertz CT molecular complexity index is 884. The number of aryl methyl sites for hydroxylation is 1. The molecule has 2 aromatic carbocycles. The number of aromatic hydroxyl groups is 1. The summed E-state index contributed by atoms with van der Waals surface area (Å²) in [5.41, 5.74) is 1.52. The lowest BCUT2D eigenvalue weighted by Gasteiger charge is -2.19. The van der Waals surface area contributed by atoms with Crippen molar-refractivity contribution in [3.8, 4) is 5.75 Å². The van der Waals surface area contributed by atoms with Crippen molar-refractivity contribution in [1.82, 2.24) is 9.78 Å². The van der Waals surface area contributed by atoms with Crippen LogP contribution in [0.2, 0.25) is 0 Å². The summed E-state index contributed by atoms with van der Waals surface area (Å²) in [7, 11) is -3.69. The molecule has 0 radical (unpaired) electrons. The number of sulfone groups is 1. The summed E-state index contributed by atoms with van der Waals surface area (Å²) < 4.78 is 27.6. The van der Waals surface area contributed by atoms with Crippen molar-refractivity contribution < 1.29 is 13.5 Å². The summed E-state index contributed by atoms with van der Waals surface area (Å²) in [6.07, 6.45) is 3.15. The second-order valence-electron chi connectivity index (χ2n) is 5.29. The van der Waals surface area contributed by atoms with Gasteiger partial charge in [-0.25, -0.2) is 13.1 Å². The van der Waals surface area contributed by atoms with E-state index in [1.165, 1.54) is 23.0 Å². The standard InChI is InChI=1S/C17H16N2O3S/c1-13-3-9-16(10-4-13)23(21,22)17(19-12-2-11-18-19)14-5-7-15(20)8-6-14/h2-12,17,20H,1H3. The Morgan fingerprint density at radius 1 is 1.04 bits per heavy atom. The van der Waals surface area contributed by atoms with Gasteiger partial charge in [0.15, 0.2) is 5.37 Å². The summed E-state index contributed by atoms with van der Waals surface area (Å²) >= 11 is 0. The Labute approximate surface area is 134 Å². The number of phenolic OH excluding ortho intramolecular Hbond substituents is 1. The van der Waals surface area contributed by atoms with Crippen LogP contribution in [0.4, 0.5) is 0 Å². The zero-order valence-electron chi connectivity index (χ0n) is 12.5. The number of phenols is 1. The van der Waals surface area contributed by atoms with Crippen molar-refractivity contribution in [2.45, 2.75) is 17.2 Å². The van der Waals surface area contributed by atoms with E-state index in [1.54, 1.807) is 48.7 Å². The zero-order valence-corrected chi connectivity index (χ0v) is 13.3. The lowest BCUT2D eigenvalue weighted by molar-refractivity contribution is 0.474. The van der Waals surface area contributed by atoms with E-state index in [1.807, 2.05) is 6.92 Å². The summed E-state index contributed by atoms with van der Waals surface area (Å²) in [4.78, 5) is 0.233. The maximum atomic E-state index is 13.1. The van der Waals surface area contributed by atoms with Crippen molar-refractivity contribution >= 4 is 9.84 Å². The van der Waals surface area contributed by atoms with E-state index in [0.717, 1.165) is 5.56 Å². The SMILES string of the molecule is Cc1ccc(S(=O)(=O)C(c2ccc(O)cc2)n2cccn2)cc1. The quantitative estimate of drug-likeness (QED) is 0.799. The van der Waals surface area contributed by atoms with E-state index in [4.69, 9.17) is 0 Å². The molecular formula is C17H16N2O3S. The van der Waals surface area contributed by atoms with Crippen molar-refractivity contribution in [3.63, 3.8) is 0 Å². The van der Waals surface area contributed by atoms with Crippen molar-refractivity contribution in [2.75, 3.05) is 0 Å². The monoisotopic (exact) mass is 328 g/mol. The van der Waals surface area contributed by atoms with E-state index < -0.39 is 15.2 Å². The first-order valence-corrected chi connectivity index (χ1v) is 8.62. The van der Waals surface area contributed by atoms with Gasteiger partial charge in [0, 0.05) is 12.4 Å². The summed E-state index contributed by atoms with van der Waals surface area (Å²) in [6, 6.07) is 14.5. The van der Waals surface area contributed by atoms with Gasteiger partial charge in [-0.15, -0.1) is 0 Å². The predicted molar refractivity (Wildman–Crippen MR) is 86.8 cm³/mol. The molecule has 1 atom stereocenters. The van der Waals surface area contributed by atoms with Crippen LogP contribution in [0.1, 0.15) is 16.5 Å². The van der Waals surface area contributed by atoms with Crippen LogP contribution in [0.15, 0.2) is 71.9 Å². The molecule has 0 bridgehead atoms. The van der Waals surface area contributed by atoms with Crippen molar-refractivity contribution in [1.29, 1.82) is 0 Å². The van der Waals surface area contributed by atoms with Gasteiger partial charge in [-0.05, 0) is 42.8 Å². The minimum atomic E-state index is -3.69. The molecule has 1 aromatic heterocycles. The molecule has 1 unspecified atom stereocenters. The van der Waals surface area contributed by atoms with Crippen LogP contribution in [-0.4, -0.2) is 23.3 Å².